The van der Waals surface area contributed by atoms with Crippen LogP contribution < -0.4 is 5.32 Å². The molecule has 1 aromatic carbocycles. The summed E-state index contributed by atoms with van der Waals surface area (Å²) >= 11 is 1.60. The van der Waals surface area contributed by atoms with Crippen LogP contribution in [-0.4, -0.2) is 37.7 Å². The lowest BCUT2D eigenvalue weighted by atomic mass is 10.0. The zero-order chi connectivity index (χ0) is 15.6. The number of anilines is 1. The van der Waals surface area contributed by atoms with Crippen LogP contribution in [0.1, 0.15) is 13.3 Å². The number of amides is 1. The van der Waals surface area contributed by atoms with E-state index >= 15 is 0 Å². The molecular weight excluding hydrogens is 298 g/mol. The molecule has 6 heteroatoms. The van der Waals surface area contributed by atoms with Crippen LogP contribution in [0.2, 0.25) is 0 Å². The van der Waals surface area contributed by atoms with E-state index in [-0.39, 0.29) is 5.91 Å². The summed E-state index contributed by atoms with van der Waals surface area (Å²) in [6.07, 6.45) is 4.20. The van der Waals surface area contributed by atoms with Gasteiger partial charge in [-0.15, -0.1) is 0 Å². The standard InChI is InChI=1S/C16H19N3O2S/c1-2-19-8-7-17-14(19)12-4-3-5-13(10-12)18-15(20)16(21)6-9-22-11-16/h3-5,7-8,10,21H,2,6,9,11H2,1H3,(H,18,20). The zero-order valence-electron chi connectivity index (χ0n) is 12.5. The molecular formula is C16H19N3O2S. The maximum Gasteiger partial charge on any atom is 0.257 e. The molecule has 1 unspecified atom stereocenters. The molecule has 0 aliphatic carbocycles. The summed E-state index contributed by atoms with van der Waals surface area (Å²) in [7, 11) is 0. The first kappa shape index (κ1) is 15.1. The second-order valence-electron chi connectivity index (χ2n) is 5.41. The number of nitrogens with one attached hydrogen (secondary N) is 1. The number of thioether (sulfide) groups is 1. The lowest BCUT2D eigenvalue weighted by molar-refractivity contribution is -0.131. The van der Waals surface area contributed by atoms with Gasteiger partial charge < -0.3 is 15.0 Å². The van der Waals surface area contributed by atoms with Crippen molar-refractivity contribution in [1.82, 2.24) is 9.55 Å². The monoisotopic (exact) mass is 317 g/mol. The van der Waals surface area contributed by atoms with Gasteiger partial charge >= 0.3 is 0 Å². The third kappa shape index (κ3) is 2.89. The summed E-state index contributed by atoms with van der Waals surface area (Å²) in [5, 5.41) is 13.1. The van der Waals surface area contributed by atoms with Crippen molar-refractivity contribution in [3.63, 3.8) is 0 Å². The average molecular weight is 317 g/mol. The molecule has 116 valence electrons. The van der Waals surface area contributed by atoms with Gasteiger partial charge in [0.1, 0.15) is 5.82 Å². The van der Waals surface area contributed by atoms with Crippen LogP contribution in [0.4, 0.5) is 5.69 Å². The summed E-state index contributed by atoms with van der Waals surface area (Å²) < 4.78 is 2.04. The van der Waals surface area contributed by atoms with Gasteiger partial charge in [-0.3, -0.25) is 4.79 Å². The van der Waals surface area contributed by atoms with Crippen LogP contribution in [0.25, 0.3) is 11.4 Å². The molecule has 1 fully saturated rings. The number of carbonyl (C=O) groups is 1. The normalized spacial score (nSPS) is 21.0. The number of hydrogen-bond donors (Lipinski definition) is 2. The smallest absolute Gasteiger partial charge is 0.257 e. The third-order valence-electron chi connectivity index (χ3n) is 3.86. The van der Waals surface area contributed by atoms with Gasteiger partial charge in [0.25, 0.3) is 5.91 Å². The Bertz CT molecular complexity index is 678. The fraction of sp³-hybridized carbons (Fsp3) is 0.375. The topological polar surface area (TPSA) is 67.2 Å². The van der Waals surface area contributed by atoms with Gasteiger partial charge in [0.05, 0.1) is 0 Å². The lowest BCUT2D eigenvalue weighted by Crippen LogP contribution is -2.42. The Labute approximate surface area is 133 Å². The van der Waals surface area contributed by atoms with E-state index in [1.807, 2.05) is 35.0 Å². The Hall–Kier alpha value is -1.79. The highest BCUT2D eigenvalue weighted by Crippen LogP contribution is 2.29. The summed E-state index contributed by atoms with van der Waals surface area (Å²) in [6, 6.07) is 7.56. The number of aromatic nitrogens is 2. The number of rotatable bonds is 4. The second kappa shape index (κ2) is 6.14. The maximum absolute atomic E-state index is 12.3. The molecule has 1 aliphatic heterocycles. The first-order valence-corrected chi connectivity index (χ1v) is 8.51. The number of hydrogen-bond acceptors (Lipinski definition) is 4. The van der Waals surface area contributed by atoms with Crippen LogP contribution in [0.15, 0.2) is 36.7 Å². The van der Waals surface area contributed by atoms with E-state index in [1.54, 1.807) is 18.0 Å². The van der Waals surface area contributed by atoms with Crippen LogP contribution in [-0.2, 0) is 11.3 Å². The van der Waals surface area contributed by atoms with Gasteiger partial charge in [0.15, 0.2) is 5.60 Å². The van der Waals surface area contributed by atoms with E-state index in [9.17, 15) is 9.90 Å². The zero-order valence-corrected chi connectivity index (χ0v) is 13.3. The molecule has 1 aromatic heterocycles. The molecule has 1 amide bonds. The van der Waals surface area contributed by atoms with Crippen molar-refractivity contribution < 1.29 is 9.90 Å². The summed E-state index contributed by atoms with van der Waals surface area (Å²) in [6.45, 7) is 2.90. The van der Waals surface area contributed by atoms with Crippen molar-refractivity contribution in [2.24, 2.45) is 0 Å². The van der Waals surface area contributed by atoms with Crippen LogP contribution in [0.5, 0.6) is 0 Å². The van der Waals surface area contributed by atoms with Gasteiger partial charge in [-0.25, -0.2) is 4.98 Å². The Morgan fingerprint density at radius 3 is 3.14 bits per heavy atom. The third-order valence-corrected chi connectivity index (χ3v) is 5.03. The van der Waals surface area contributed by atoms with Gasteiger partial charge in [0.2, 0.25) is 0 Å². The number of aliphatic hydroxyl groups is 1. The fourth-order valence-electron chi connectivity index (χ4n) is 2.54. The Morgan fingerprint density at radius 1 is 1.55 bits per heavy atom. The van der Waals surface area contributed by atoms with Gasteiger partial charge in [-0.2, -0.15) is 11.8 Å². The Kier molecular flexibility index (Phi) is 4.22. The highest BCUT2D eigenvalue weighted by atomic mass is 32.2. The maximum atomic E-state index is 12.3. The molecule has 1 atom stereocenters. The van der Waals surface area contributed by atoms with Gasteiger partial charge in [0, 0.05) is 35.9 Å². The van der Waals surface area contributed by atoms with E-state index in [0.717, 1.165) is 23.7 Å². The summed E-state index contributed by atoms with van der Waals surface area (Å²) in [4.78, 5) is 16.6. The predicted molar refractivity (Wildman–Crippen MR) is 88.9 cm³/mol. The highest BCUT2D eigenvalue weighted by molar-refractivity contribution is 7.99. The number of imidazole rings is 1. The van der Waals surface area contributed by atoms with E-state index in [1.165, 1.54) is 0 Å². The number of nitrogens with zero attached hydrogens (tertiary/aromatic N) is 2. The minimum Gasteiger partial charge on any atom is -0.379 e. The molecule has 5 nitrogen and oxygen atoms in total. The van der Waals surface area contributed by atoms with Crippen LogP contribution in [0.3, 0.4) is 0 Å². The fourth-order valence-corrected chi connectivity index (χ4v) is 3.78. The van der Waals surface area contributed by atoms with Gasteiger partial charge in [-0.05, 0) is 31.2 Å². The number of carbonyl (C=O) groups excluding carboxylic acids is 1. The van der Waals surface area contributed by atoms with Crippen molar-refractivity contribution in [2.45, 2.75) is 25.5 Å². The van der Waals surface area contributed by atoms with Crippen molar-refractivity contribution in [2.75, 3.05) is 16.8 Å². The SMILES string of the molecule is CCn1ccnc1-c1cccc(NC(=O)C2(O)CCSC2)c1. The molecule has 0 spiro atoms. The molecule has 2 heterocycles. The first-order chi connectivity index (χ1) is 10.6. The molecule has 2 aromatic rings. The van der Waals surface area contributed by atoms with E-state index in [4.69, 9.17) is 0 Å². The minimum atomic E-state index is -1.25. The quantitative estimate of drug-likeness (QED) is 0.908. The van der Waals surface area contributed by atoms with Crippen molar-refractivity contribution in [1.29, 1.82) is 0 Å². The van der Waals surface area contributed by atoms with Gasteiger partial charge in [-0.1, -0.05) is 12.1 Å². The molecule has 0 saturated carbocycles. The second-order valence-corrected chi connectivity index (χ2v) is 6.51. The Morgan fingerprint density at radius 2 is 2.41 bits per heavy atom. The van der Waals surface area contributed by atoms with E-state index < -0.39 is 5.60 Å². The summed E-state index contributed by atoms with van der Waals surface area (Å²) in [5.41, 5.74) is 0.374. The van der Waals surface area contributed by atoms with Crippen molar-refractivity contribution in [3.8, 4) is 11.4 Å². The Balaban J connectivity index is 1.81. The molecule has 22 heavy (non-hydrogen) atoms. The molecule has 2 N–H and O–H groups in total. The predicted octanol–water partition coefficient (Wildman–Crippen LogP) is 2.38. The molecule has 0 bridgehead atoms. The van der Waals surface area contributed by atoms with Crippen LogP contribution in [0, 0.1) is 0 Å². The lowest BCUT2D eigenvalue weighted by Gasteiger charge is -2.20. The van der Waals surface area contributed by atoms with E-state index in [0.29, 0.717) is 17.9 Å². The summed E-state index contributed by atoms with van der Waals surface area (Å²) in [5.74, 6) is 1.82. The molecule has 1 aliphatic rings. The number of benzene rings is 1. The van der Waals surface area contributed by atoms with Crippen molar-refractivity contribution in [3.05, 3.63) is 36.7 Å². The van der Waals surface area contributed by atoms with E-state index in [2.05, 4.69) is 17.2 Å². The molecule has 0 radical (unpaired) electrons. The largest absolute Gasteiger partial charge is 0.379 e. The van der Waals surface area contributed by atoms with Crippen molar-refractivity contribution >= 4 is 23.4 Å². The first-order valence-electron chi connectivity index (χ1n) is 7.35. The average Bonchev–Trinajstić information content (AvgIpc) is 3.16. The minimum absolute atomic E-state index is 0.325. The molecule has 1 saturated heterocycles. The highest BCUT2D eigenvalue weighted by Gasteiger charge is 2.39. The molecule has 3 rings (SSSR count). The number of aryl methyl sites for hydroxylation is 1. The van der Waals surface area contributed by atoms with Crippen LogP contribution >= 0.6 is 11.8 Å².